The second-order valence-corrected chi connectivity index (χ2v) is 8.87. The molecule has 0 spiro atoms. The highest BCUT2D eigenvalue weighted by Crippen LogP contribution is 2.36. The van der Waals surface area contributed by atoms with E-state index in [4.69, 9.17) is 21.6 Å². The maximum atomic E-state index is 13.8. The van der Waals surface area contributed by atoms with Gasteiger partial charge in [-0.3, -0.25) is 0 Å². The van der Waals surface area contributed by atoms with Crippen molar-refractivity contribution in [3.8, 4) is 11.3 Å². The number of hydrogen-bond acceptors (Lipinski definition) is 6. The van der Waals surface area contributed by atoms with Crippen molar-refractivity contribution in [1.29, 1.82) is 0 Å². The van der Waals surface area contributed by atoms with Crippen LogP contribution in [0.15, 0.2) is 42.6 Å². The van der Waals surface area contributed by atoms with Crippen molar-refractivity contribution in [1.82, 2.24) is 15.0 Å². The summed E-state index contributed by atoms with van der Waals surface area (Å²) in [5.74, 6) is 0.621. The van der Waals surface area contributed by atoms with Crippen molar-refractivity contribution < 1.29 is 17.6 Å². The number of pyridine rings is 1. The SMILES string of the molecule is CCCN(CC)c1nc(-c2ccc(F)c(Cl)c2)cc(N2CCN(c3ncccc3C(F)(F)F)CC2)n1. The molecule has 3 aromatic rings. The minimum atomic E-state index is -4.48. The molecule has 2 aromatic heterocycles. The van der Waals surface area contributed by atoms with Crippen LogP contribution in [0.25, 0.3) is 11.3 Å². The molecular formula is C25H27ClF4N6. The Hall–Kier alpha value is -3.14. The summed E-state index contributed by atoms with van der Waals surface area (Å²) < 4.78 is 54.2. The molecule has 1 aliphatic heterocycles. The lowest BCUT2D eigenvalue weighted by Crippen LogP contribution is -2.47. The number of rotatable bonds is 7. The number of alkyl halides is 3. The molecule has 1 saturated heterocycles. The van der Waals surface area contributed by atoms with Crippen LogP contribution in [-0.4, -0.2) is 54.2 Å². The Balaban J connectivity index is 1.64. The first kappa shape index (κ1) is 25.9. The average Bonchev–Trinajstić information content (AvgIpc) is 2.88. The van der Waals surface area contributed by atoms with Gasteiger partial charge in [-0.15, -0.1) is 0 Å². The van der Waals surface area contributed by atoms with Crippen LogP contribution in [0, 0.1) is 5.82 Å². The lowest BCUT2D eigenvalue weighted by molar-refractivity contribution is -0.137. The standard InChI is InChI=1S/C25H27ClF4N6/c1-3-10-34(4-2)24-32-21(17-7-8-20(27)19(26)15-17)16-22(33-24)35-11-13-36(14-12-35)23-18(25(28,29)30)6-5-9-31-23/h5-9,15-16H,3-4,10-14H2,1-2H3. The Labute approximate surface area is 212 Å². The van der Waals surface area contributed by atoms with Gasteiger partial charge in [0.1, 0.15) is 17.5 Å². The van der Waals surface area contributed by atoms with Crippen LogP contribution < -0.4 is 14.7 Å². The van der Waals surface area contributed by atoms with Gasteiger partial charge in [-0.2, -0.15) is 18.2 Å². The molecule has 0 atom stereocenters. The van der Waals surface area contributed by atoms with E-state index in [1.807, 2.05) is 17.9 Å². The predicted octanol–water partition coefficient (Wildman–Crippen LogP) is 5.91. The lowest BCUT2D eigenvalue weighted by Gasteiger charge is -2.37. The summed E-state index contributed by atoms with van der Waals surface area (Å²) in [5, 5.41) is -0.000405. The summed E-state index contributed by atoms with van der Waals surface area (Å²) in [6, 6.07) is 8.60. The maximum Gasteiger partial charge on any atom is 0.419 e. The summed E-state index contributed by atoms with van der Waals surface area (Å²) in [4.78, 5) is 19.2. The molecule has 192 valence electrons. The van der Waals surface area contributed by atoms with E-state index in [-0.39, 0.29) is 10.8 Å². The van der Waals surface area contributed by atoms with E-state index in [2.05, 4.69) is 16.8 Å². The number of hydrogen-bond donors (Lipinski definition) is 0. The fraction of sp³-hybridized carbons (Fsp3) is 0.400. The first-order valence-corrected chi connectivity index (χ1v) is 12.2. The largest absolute Gasteiger partial charge is 0.419 e. The van der Waals surface area contributed by atoms with Gasteiger partial charge in [0.2, 0.25) is 5.95 Å². The molecule has 36 heavy (non-hydrogen) atoms. The smallest absolute Gasteiger partial charge is 0.353 e. The second-order valence-electron chi connectivity index (χ2n) is 8.47. The van der Waals surface area contributed by atoms with Crippen molar-refractivity contribution in [2.75, 3.05) is 54.0 Å². The number of halogens is 5. The normalized spacial score (nSPS) is 14.3. The molecule has 0 aliphatic carbocycles. The molecule has 0 saturated carbocycles. The van der Waals surface area contributed by atoms with Crippen molar-refractivity contribution in [3.05, 3.63) is 59.0 Å². The zero-order valence-corrected chi connectivity index (χ0v) is 20.8. The highest BCUT2D eigenvalue weighted by Gasteiger charge is 2.36. The Morgan fingerprint density at radius 1 is 1.00 bits per heavy atom. The van der Waals surface area contributed by atoms with Crippen LogP contribution in [0.2, 0.25) is 5.02 Å². The number of nitrogens with zero attached hydrogens (tertiary/aromatic N) is 6. The molecular weight excluding hydrogens is 496 g/mol. The van der Waals surface area contributed by atoms with Gasteiger partial charge in [0.15, 0.2) is 0 Å². The Morgan fingerprint density at radius 2 is 1.72 bits per heavy atom. The summed E-state index contributed by atoms with van der Waals surface area (Å²) in [5.41, 5.74) is 0.509. The molecule has 6 nitrogen and oxygen atoms in total. The summed E-state index contributed by atoms with van der Waals surface area (Å²) in [6.07, 6.45) is -2.19. The fourth-order valence-electron chi connectivity index (χ4n) is 4.22. The molecule has 0 N–H and O–H groups in total. The van der Waals surface area contributed by atoms with Gasteiger partial charge < -0.3 is 14.7 Å². The van der Waals surface area contributed by atoms with Gasteiger partial charge in [0.05, 0.1) is 16.3 Å². The molecule has 11 heteroatoms. The molecule has 0 amide bonds. The summed E-state index contributed by atoms with van der Waals surface area (Å²) in [6.45, 7) is 7.16. The van der Waals surface area contributed by atoms with Gasteiger partial charge in [0.25, 0.3) is 0 Å². The number of benzene rings is 1. The lowest BCUT2D eigenvalue weighted by atomic mass is 10.1. The van der Waals surface area contributed by atoms with Crippen molar-refractivity contribution in [2.24, 2.45) is 0 Å². The first-order chi connectivity index (χ1) is 17.2. The molecule has 4 rings (SSSR count). The van der Waals surface area contributed by atoms with E-state index in [9.17, 15) is 17.6 Å². The average molecular weight is 523 g/mol. The van der Waals surface area contributed by atoms with E-state index in [0.717, 1.165) is 19.0 Å². The van der Waals surface area contributed by atoms with Crippen molar-refractivity contribution >= 4 is 29.2 Å². The molecule has 0 unspecified atom stereocenters. The van der Waals surface area contributed by atoms with Gasteiger partial charge in [0, 0.05) is 57.1 Å². The predicted molar refractivity (Wildman–Crippen MR) is 134 cm³/mol. The third-order valence-corrected chi connectivity index (χ3v) is 6.36. The number of anilines is 3. The van der Waals surface area contributed by atoms with Crippen LogP contribution >= 0.6 is 11.6 Å². The zero-order valence-electron chi connectivity index (χ0n) is 20.1. The third-order valence-electron chi connectivity index (χ3n) is 6.07. The van der Waals surface area contributed by atoms with Gasteiger partial charge >= 0.3 is 6.18 Å². The second kappa shape index (κ2) is 10.9. The minimum absolute atomic E-state index is 0.000405. The fourth-order valence-corrected chi connectivity index (χ4v) is 4.40. The van der Waals surface area contributed by atoms with Crippen LogP contribution in [-0.2, 0) is 6.18 Å². The van der Waals surface area contributed by atoms with Gasteiger partial charge in [-0.05, 0) is 43.7 Å². The zero-order chi connectivity index (χ0) is 25.9. The van der Waals surface area contributed by atoms with Crippen LogP contribution in [0.3, 0.4) is 0 Å². The molecule has 0 bridgehead atoms. The highest BCUT2D eigenvalue weighted by atomic mass is 35.5. The van der Waals surface area contributed by atoms with Gasteiger partial charge in [-0.1, -0.05) is 18.5 Å². The van der Waals surface area contributed by atoms with Gasteiger partial charge in [-0.25, -0.2) is 14.4 Å². The Kier molecular flexibility index (Phi) is 7.82. The van der Waals surface area contributed by atoms with Crippen molar-refractivity contribution in [2.45, 2.75) is 26.4 Å². The van der Waals surface area contributed by atoms with E-state index in [1.54, 1.807) is 11.0 Å². The molecule has 1 aromatic carbocycles. The van der Waals surface area contributed by atoms with E-state index < -0.39 is 17.6 Å². The van der Waals surface area contributed by atoms with E-state index in [1.165, 1.54) is 24.4 Å². The maximum absolute atomic E-state index is 13.8. The highest BCUT2D eigenvalue weighted by molar-refractivity contribution is 6.31. The Bertz CT molecular complexity index is 1200. The minimum Gasteiger partial charge on any atom is -0.353 e. The monoisotopic (exact) mass is 522 g/mol. The topological polar surface area (TPSA) is 48.4 Å². The first-order valence-electron chi connectivity index (χ1n) is 11.8. The molecule has 1 aliphatic rings. The third kappa shape index (κ3) is 5.64. The number of aromatic nitrogens is 3. The summed E-state index contributed by atoms with van der Waals surface area (Å²) >= 11 is 6.02. The number of piperazine rings is 1. The van der Waals surface area contributed by atoms with E-state index >= 15 is 0 Å². The van der Waals surface area contributed by atoms with E-state index in [0.29, 0.717) is 55.7 Å². The van der Waals surface area contributed by atoms with Crippen LogP contribution in [0.5, 0.6) is 0 Å². The van der Waals surface area contributed by atoms with Crippen LogP contribution in [0.1, 0.15) is 25.8 Å². The Morgan fingerprint density at radius 3 is 2.36 bits per heavy atom. The molecule has 3 heterocycles. The molecule has 1 fully saturated rings. The summed E-state index contributed by atoms with van der Waals surface area (Å²) in [7, 11) is 0. The van der Waals surface area contributed by atoms with Crippen LogP contribution in [0.4, 0.5) is 35.1 Å². The van der Waals surface area contributed by atoms with Crippen molar-refractivity contribution in [3.63, 3.8) is 0 Å². The molecule has 0 radical (unpaired) electrons. The quantitative estimate of drug-likeness (QED) is 0.359.